The molecule has 0 unspecified atom stereocenters. The first-order valence-corrected chi connectivity index (χ1v) is 4.16. The number of hydrogen-bond donors (Lipinski definition) is 0. The number of benzene rings is 1. The third kappa shape index (κ3) is 1.66. The van der Waals surface area contributed by atoms with Crippen LogP contribution in [-0.4, -0.2) is 19.3 Å². The topological polar surface area (TPSA) is 38.7 Å². The van der Waals surface area contributed by atoms with Gasteiger partial charge < -0.3 is 4.74 Å². The van der Waals surface area contributed by atoms with Crippen LogP contribution in [0.1, 0.15) is 11.5 Å². The Morgan fingerprint density at radius 1 is 1.46 bits per heavy atom. The van der Waals surface area contributed by atoms with E-state index < -0.39 is 0 Å². The molecule has 2 rings (SSSR count). The summed E-state index contributed by atoms with van der Waals surface area (Å²) in [6.07, 6.45) is 1.53. The van der Waals surface area contributed by atoms with Gasteiger partial charge in [0.2, 0.25) is 6.08 Å². The van der Waals surface area contributed by atoms with Crippen molar-refractivity contribution in [3.63, 3.8) is 0 Å². The van der Waals surface area contributed by atoms with Gasteiger partial charge in [-0.25, -0.2) is 4.79 Å². The Bertz CT molecular complexity index is 352. The fourth-order valence-electron chi connectivity index (χ4n) is 1.33. The number of hydrogen-bond acceptors (Lipinski definition) is 3. The van der Waals surface area contributed by atoms with Crippen molar-refractivity contribution in [2.75, 3.05) is 13.2 Å². The smallest absolute Gasteiger partial charge is 0.240 e. The number of aliphatic imine (C=N–C) groups is 1. The lowest BCUT2D eigenvalue weighted by Crippen LogP contribution is -2.24. The Labute approximate surface area is 76.1 Å². The van der Waals surface area contributed by atoms with E-state index in [0.717, 1.165) is 13.2 Å². The summed E-state index contributed by atoms with van der Waals surface area (Å²) in [5, 5.41) is 0. The SMILES string of the molecule is O=C=Nc1cccc(C2COC2)c1. The molecule has 1 saturated heterocycles. The van der Waals surface area contributed by atoms with Crippen molar-refractivity contribution in [3.8, 4) is 0 Å². The second-order valence-electron chi connectivity index (χ2n) is 3.03. The van der Waals surface area contributed by atoms with Gasteiger partial charge in [-0.3, -0.25) is 0 Å². The minimum Gasteiger partial charge on any atom is -0.380 e. The molecule has 3 heteroatoms. The standard InChI is InChI=1S/C10H9NO2/c12-7-11-10-3-1-2-8(4-10)9-5-13-6-9/h1-4,9H,5-6H2. The molecular formula is C10H9NO2. The third-order valence-electron chi connectivity index (χ3n) is 2.15. The predicted octanol–water partition coefficient (Wildman–Crippen LogP) is 1.77. The van der Waals surface area contributed by atoms with Crippen molar-refractivity contribution in [1.29, 1.82) is 0 Å². The van der Waals surface area contributed by atoms with Crippen LogP contribution >= 0.6 is 0 Å². The summed E-state index contributed by atoms with van der Waals surface area (Å²) in [7, 11) is 0. The van der Waals surface area contributed by atoms with Crippen LogP contribution in [0.15, 0.2) is 29.3 Å². The van der Waals surface area contributed by atoms with E-state index in [1.54, 1.807) is 6.07 Å². The summed E-state index contributed by atoms with van der Waals surface area (Å²) in [5.41, 5.74) is 1.85. The van der Waals surface area contributed by atoms with Crippen LogP contribution in [0.2, 0.25) is 0 Å². The zero-order valence-corrected chi connectivity index (χ0v) is 7.06. The molecule has 0 atom stereocenters. The lowest BCUT2D eigenvalue weighted by molar-refractivity contribution is 0.00844. The molecule has 0 aliphatic carbocycles. The van der Waals surface area contributed by atoms with Gasteiger partial charge in [0.15, 0.2) is 0 Å². The van der Waals surface area contributed by atoms with Crippen molar-refractivity contribution >= 4 is 11.8 Å². The van der Waals surface area contributed by atoms with Crippen LogP contribution in [0.5, 0.6) is 0 Å². The fourth-order valence-corrected chi connectivity index (χ4v) is 1.33. The molecular weight excluding hydrogens is 166 g/mol. The highest BCUT2D eigenvalue weighted by Crippen LogP contribution is 2.26. The number of isocyanates is 1. The molecule has 1 fully saturated rings. The minimum atomic E-state index is 0.474. The van der Waals surface area contributed by atoms with Crippen LogP contribution in [0.3, 0.4) is 0 Å². The van der Waals surface area contributed by atoms with Crippen LogP contribution in [-0.2, 0) is 9.53 Å². The molecule has 0 bridgehead atoms. The molecule has 0 spiro atoms. The Hall–Kier alpha value is -1.44. The molecule has 1 aliphatic rings. The maximum absolute atomic E-state index is 10.0. The summed E-state index contributed by atoms with van der Waals surface area (Å²) >= 11 is 0. The van der Waals surface area contributed by atoms with E-state index in [1.165, 1.54) is 11.6 Å². The molecule has 13 heavy (non-hydrogen) atoms. The first-order valence-electron chi connectivity index (χ1n) is 4.16. The molecule has 66 valence electrons. The van der Waals surface area contributed by atoms with E-state index in [4.69, 9.17) is 4.74 Å². The van der Waals surface area contributed by atoms with Gasteiger partial charge in [0.1, 0.15) is 0 Å². The largest absolute Gasteiger partial charge is 0.380 e. The van der Waals surface area contributed by atoms with Crippen LogP contribution in [0, 0.1) is 0 Å². The molecule has 1 aromatic carbocycles. The second kappa shape index (κ2) is 3.52. The van der Waals surface area contributed by atoms with Gasteiger partial charge in [-0.15, -0.1) is 0 Å². The maximum atomic E-state index is 10.0. The van der Waals surface area contributed by atoms with Crippen LogP contribution in [0.4, 0.5) is 5.69 Å². The Morgan fingerprint density at radius 3 is 2.92 bits per heavy atom. The Morgan fingerprint density at radius 2 is 2.31 bits per heavy atom. The number of rotatable bonds is 2. The summed E-state index contributed by atoms with van der Waals surface area (Å²) < 4.78 is 5.08. The number of carbonyl (C=O) groups excluding carboxylic acids is 1. The molecule has 0 aromatic heterocycles. The quantitative estimate of drug-likeness (QED) is 0.507. The second-order valence-corrected chi connectivity index (χ2v) is 3.03. The summed E-state index contributed by atoms with van der Waals surface area (Å²) in [5.74, 6) is 0.474. The van der Waals surface area contributed by atoms with E-state index in [9.17, 15) is 4.79 Å². The van der Waals surface area contributed by atoms with Gasteiger partial charge in [-0.05, 0) is 17.7 Å². The van der Waals surface area contributed by atoms with E-state index in [1.807, 2.05) is 18.2 Å². The summed E-state index contributed by atoms with van der Waals surface area (Å²) in [6, 6.07) is 7.60. The molecule has 0 N–H and O–H groups in total. The van der Waals surface area contributed by atoms with Gasteiger partial charge in [0.25, 0.3) is 0 Å². The highest BCUT2D eigenvalue weighted by Gasteiger charge is 2.20. The van der Waals surface area contributed by atoms with Gasteiger partial charge in [0, 0.05) is 5.92 Å². The van der Waals surface area contributed by atoms with Crippen molar-refractivity contribution in [1.82, 2.24) is 0 Å². The number of nitrogens with zero attached hydrogens (tertiary/aromatic N) is 1. The molecule has 0 saturated carbocycles. The van der Waals surface area contributed by atoms with Gasteiger partial charge in [0.05, 0.1) is 18.9 Å². The van der Waals surface area contributed by atoms with E-state index in [0.29, 0.717) is 11.6 Å². The molecule has 1 aromatic rings. The van der Waals surface area contributed by atoms with Gasteiger partial charge in [-0.1, -0.05) is 12.1 Å². The predicted molar refractivity (Wildman–Crippen MR) is 47.8 cm³/mol. The molecule has 0 radical (unpaired) electrons. The average molecular weight is 175 g/mol. The fraction of sp³-hybridized carbons (Fsp3) is 0.300. The van der Waals surface area contributed by atoms with E-state index in [-0.39, 0.29) is 0 Å². The summed E-state index contributed by atoms with van der Waals surface area (Å²) in [4.78, 5) is 13.6. The molecule has 1 heterocycles. The highest BCUT2D eigenvalue weighted by atomic mass is 16.5. The van der Waals surface area contributed by atoms with E-state index >= 15 is 0 Å². The number of ether oxygens (including phenoxy) is 1. The molecule has 0 amide bonds. The van der Waals surface area contributed by atoms with Crippen LogP contribution < -0.4 is 0 Å². The lowest BCUT2D eigenvalue weighted by Gasteiger charge is -2.26. The first-order chi connectivity index (χ1) is 6.40. The zero-order valence-electron chi connectivity index (χ0n) is 7.06. The Kier molecular flexibility index (Phi) is 2.21. The Balaban J connectivity index is 2.25. The first kappa shape index (κ1) is 8.17. The van der Waals surface area contributed by atoms with Crippen molar-refractivity contribution < 1.29 is 9.53 Å². The lowest BCUT2D eigenvalue weighted by atomic mass is 9.97. The van der Waals surface area contributed by atoms with Crippen molar-refractivity contribution in [2.24, 2.45) is 4.99 Å². The highest BCUT2D eigenvalue weighted by molar-refractivity contribution is 5.50. The minimum absolute atomic E-state index is 0.474. The molecule has 1 aliphatic heterocycles. The van der Waals surface area contributed by atoms with E-state index in [2.05, 4.69) is 4.99 Å². The van der Waals surface area contributed by atoms with Crippen LogP contribution in [0.25, 0.3) is 0 Å². The third-order valence-corrected chi connectivity index (χ3v) is 2.15. The molecule has 3 nitrogen and oxygen atoms in total. The summed E-state index contributed by atoms with van der Waals surface area (Å²) in [6.45, 7) is 1.54. The van der Waals surface area contributed by atoms with Gasteiger partial charge >= 0.3 is 0 Å². The maximum Gasteiger partial charge on any atom is 0.240 e. The van der Waals surface area contributed by atoms with Crippen molar-refractivity contribution in [3.05, 3.63) is 29.8 Å². The van der Waals surface area contributed by atoms with Gasteiger partial charge in [-0.2, -0.15) is 4.99 Å². The monoisotopic (exact) mass is 175 g/mol. The normalized spacial score (nSPS) is 16.0. The van der Waals surface area contributed by atoms with Crippen molar-refractivity contribution in [2.45, 2.75) is 5.92 Å². The average Bonchev–Trinajstić information content (AvgIpc) is 2.02. The zero-order chi connectivity index (χ0) is 9.10.